The minimum atomic E-state index is -0.821. The van der Waals surface area contributed by atoms with Crippen LogP contribution in [0, 0.1) is 0 Å². The van der Waals surface area contributed by atoms with E-state index in [1.165, 1.54) is 0 Å². The van der Waals surface area contributed by atoms with E-state index in [2.05, 4.69) is 0 Å². The molecule has 1 aromatic carbocycles. The summed E-state index contributed by atoms with van der Waals surface area (Å²) >= 11 is 11.8. The number of hydrogen-bond donors (Lipinski definition) is 1. The summed E-state index contributed by atoms with van der Waals surface area (Å²) in [6, 6.07) is 5.13. The molecule has 0 saturated heterocycles. The third-order valence-electron chi connectivity index (χ3n) is 2.31. The third-order valence-corrected chi connectivity index (χ3v) is 2.89. The normalized spacial score (nSPS) is 12.5. The summed E-state index contributed by atoms with van der Waals surface area (Å²) in [6.07, 6.45) is 0.808. The lowest BCUT2D eigenvalue weighted by Crippen LogP contribution is -2.06. The first-order chi connectivity index (χ1) is 7.04. The van der Waals surface area contributed by atoms with Crippen molar-refractivity contribution in [3.05, 3.63) is 33.8 Å². The maximum Gasteiger partial charge on any atom is 0.303 e. The van der Waals surface area contributed by atoms with Gasteiger partial charge in [-0.05, 0) is 36.1 Å². The van der Waals surface area contributed by atoms with Crippen molar-refractivity contribution in [2.45, 2.75) is 25.7 Å². The summed E-state index contributed by atoms with van der Waals surface area (Å²) in [4.78, 5) is 10.7. The van der Waals surface area contributed by atoms with Crippen molar-refractivity contribution in [3.8, 4) is 0 Å². The second kappa shape index (κ2) is 5.38. The van der Waals surface area contributed by atoms with Crippen LogP contribution in [0.3, 0.4) is 0 Å². The van der Waals surface area contributed by atoms with E-state index < -0.39 is 5.97 Å². The predicted molar refractivity (Wildman–Crippen MR) is 61.7 cm³/mol. The largest absolute Gasteiger partial charge is 0.481 e. The molecule has 0 spiro atoms. The van der Waals surface area contributed by atoms with E-state index in [9.17, 15) is 4.79 Å². The zero-order valence-corrected chi connectivity index (χ0v) is 9.85. The van der Waals surface area contributed by atoms with Gasteiger partial charge in [0.25, 0.3) is 0 Å². The molecule has 0 fully saturated rings. The molecule has 0 aliphatic heterocycles. The van der Waals surface area contributed by atoms with Crippen LogP contribution in [-0.2, 0) is 4.79 Å². The Morgan fingerprint density at radius 3 is 2.67 bits per heavy atom. The number of benzene rings is 1. The molecule has 2 nitrogen and oxygen atoms in total. The zero-order chi connectivity index (χ0) is 11.4. The first-order valence-corrected chi connectivity index (χ1v) is 5.47. The molecule has 0 aliphatic rings. The maximum atomic E-state index is 10.7. The van der Waals surface area contributed by atoms with Crippen LogP contribution >= 0.6 is 23.2 Å². The molecule has 0 bridgehead atoms. The van der Waals surface area contributed by atoms with Gasteiger partial charge in [-0.2, -0.15) is 0 Å². The highest BCUT2D eigenvalue weighted by Crippen LogP contribution is 2.31. The van der Waals surface area contributed by atoms with Crippen molar-refractivity contribution in [2.24, 2.45) is 0 Å². The van der Waals surface area contributed by atoms with E-state index in [0.29, 0.717) is 10.0 Å². The quantitative estimate of drug-likeness (QED) is 0.874. The Hall–Kier alpha value is -0.730. The minimum Gasteiger partial charge on any atom is -0.481 e. The number of hydrogen-bond acceptors (Lipinski definition) is 1. The van der Waals surface area contributed by atoms with Crippen LogP contribution in [0.1, 0.15) is 31.2 Å². The van der Waals surface area contributed by atoms with Crippen molar-refractivity contribution in [3.63, 3.8) is 0 Å². The molecule has 82 valence electrons. The Morgan fingerprint density at radius 1 is 1.47 bits per heavy atom. The van der Waals surface area contributed by atoms with Gasteiger partial charge < -0.3 is 5.11 Å². The third kappa shape index (κ3) is 3.40. The monoisotopic (exact) mass is 246 g/mol. The lowest BCUT2D eigenvalue weighted by Gasteiger charge is -2.14. The summed E-state index contributed by atoms with van der Waals surface area (Å²) in [5.74, 6) is -0.897. The number of carboxylic acid groups (broad SMARTS) is 1. The van der Waals surface area contributed by atoms with Crippen LogP contribution in [0.25, 0.3) is 0 Å². The van der Waals surface area contributed by atoms with Gasteiger partial charge in [-0.1, -0.05) is 30.1 Å². The van der Waals surface area contributed by atoms with Gasteiger partial charge in [-0.25, -0.2) is 0 Å². The molecule has 0 saturated carbocycles. The van der Waals surface area contributed by atoms with Crippen molar-refractivity contribution in [2.75, 3.05) is 0 Å². The fraction of sp³-hybridized carbons (Fsp3) is 0.364. The highest BCUT2D eigenvalue weighted by Gasteiger charge is 2.16. The first-order valence-electron chi connectivity index (χ1n) is 4.71. The van der Waals surface area contributed by atoms with Crippen molar-refractivity contribution < 1.29 is 9.90 Å². The molecule has 1 rings (SSSR count). The summed E-state index contributed by atoms with van der Waals surface area (Å²) < 4.78 is 0. The molecule has 1 atom stereocenters. The number of halogens is 2. The molecule has 15 heavy (non-hydrogen) atoms. The van der Waals surface area contributed by atoms with Gasteiger partial charge in [0, 0.05) is 10.0 Å². The van der Waals surface area contributed by atoms with Gasteiger partial charge in [0.15, 0.2) is 0 Å². The smallest absolute Gasteiger partial charge is 0.303 e. The Labute approximate surface area is 98.8 Å². The van der Waals surface area contributed by atoms with Gasteiger partial charge >= 0.3 is 5.97 Å². The van der Waals surface area contributed by atoms with E-state index in [0.717, 1.165) is 12.0 Å². The number of carbonyl (C=O) groups is 1. The highest BCUT2D eigenvalue weighted by atomic mass is 35.5. The predicted octanol–water partition coefficient (Wildman–Crippen LogP) is 3.96. The van der Waals surface area contributed by atoms with Crippen molar-refractivity contribution >= 4 is 29.2 Å². The van der Waals surface area contributed by atoms with Crippen LogP contribution < -0.4 is 0 Å². The molecule has 1 N–H and O–H groups in total. The molecule has 4 heteroatoms. The SMILES string of the molecule is CCC(CC(=O)O)c1cc(Cl)ccc1Cl. The van der Waals surface area contributed by atoms with Gasteiger partial charge in [0.1, 0.15) is 0 Å². The second-order valence-electron chi connectivity index (χ2n) is 3.37. The van der Waals surface area contributed by atoms with Crippen LogP contribution in [0.15, 0.2) is 18.2 Å². The van der Waals surface area contributed by atoms with Crippen LogP contribution in [0.4, 0.5) is 0 Å². The molecule has 1 aromatic rings. The molecular weight excluding hydrogens is 235 g/mol. The van der Waals surface area contributed by atoms with Crippen LogP contribution in [0.2, 0.25) is 10.0 Å². The fourth-order valence-corrected chi connectivity index (χ4v) is 1.96. The van der Waals surface area contributed by atoms with E-state index in [-0.39, 0.29) is 12.3 Å². The summed E-state index contributed by atoms with van der Waals surface area (Å²) in [6.45, 7) is 1.94. The Morgan fingerprint density at radius 2 is 2.13 bits per heavy atom. The van der Waals surface area contributed by atoms with Crippen molar-refractivity contribution in [1.82, 2.24) is 0 Å². The van der Waals surface area contributed by atoms with E-state index in [4.69, 9.17) is 28.3 Å². The van der Waals surface area contributed by atoms with Gasteiger partial charge in [0.05, 0.1) is 6.42 Å². The van der Waals surface area contributed by atoms with E-state index >= 15 is 0 Å². The van der Waals surface area contributed by atoms with Gasteiger partial charge in [0.2, 0.25) is 0 Å². The lowest BCUT2D eigenvalue weighted by atomic mass is 9.93. The summed E-state index contributed by atoms with van der Waals surface area (Å²) in [5.41, 5.74) is 0.814. The van der Waals surface area contributed by atoms with E-state index in [1.54, 1.807) is 18.2 Å². The summed E-state index contributed by atoms with van der Waals surface area (Å²) in [7, 11) is 0. The number of aliphatic carboxylic acids is 1. The van der Waals surface area contributed by atoms with E-state index in [1.807, 2.05) is 6.92 Å². The number of rotatable bonds is 4. The molecule has 0 heterocycles. The second-order valence-corrected chi connectivity index (χ2v) is 4.21. The average Bonchev–Trinajstić information content (AvgIpc) is 2.18. The fourth-order valence-electron chi connectivity index (χ4n) is 1.51. The maximum absolute atomic E-state index is 10.7. The topological polar surface area (TPSA) is 37.3 Å². The zero-order valence-electron chi connectivity index (χ0n) is 8.34. The molecule has 1 unspecified atom stereocenters. The van der Waals surface area contributed by atoms with Gasteiger partial charge in [-0.3, -0.25) is 4.79 Å². The number of carboxylic acids is 1. The molecule has 0 radical (unpaired) electrons. The van der Waals surface area contributed by atoms with Crippen LogP contribution in [-0.4, -0.2) is 11.1 Å². The molecule has 0 aromatic heterocycles. The average molecular weight is 247 g/mol. The van der Waals surface area contributed by atoms with Crippen molar-refractivity contribution in [1.29, 1.82) is 0 Å². The Balaban J connectivity index is 3.00. The minimum absolute atomic E-state index is 0.0753. The van der Waals surface area contributed by atoms with Crippen LogP contribution in [0.5, 0.6) is 0 Å². The summed E-state index contributed by atoms with van der Waals surface area (Å²) in [5, 5.41) is 9.92. The lowest BCUT2D eigenvalue weighted by molar-refractivity contribution is -0.137. The Kier molecular flexibility index (Phi) is 4.43. The highest BCUT2D eigenvalue weighted by molar-refractivity contribution is 6.33. The Bertz CT molecular complexity index is 364. The molecule has 0 aliphatic carbocycles. The van der Waals surface area contributed by atoms with Gasteiger partial charge in [-0.15, -0.1) is 0 Å². The molecular formula is C11H12Cl2O2. The molecule has 0 amide bonds. The first kappa shape index (κ1) is 12.3. The standard InChI is InChI=1S/C11H12Cl2O2/c1-2-7(5-11(14)15)9-6-8(12)3-4-10(9)13/h3-4,6-7H,2,5H2,1H3,(H,14,15).